The van der Waals surface area contributed by atoms with Crippen LogP contribution in [0.1, 0.15) is 0 Å². The largest absolute Gasteiger partial charge is 0.292 e. The molecule has 2 nitrogen and oxygen atoms in total. The summed E-state index contributed by atoms with van der Waals surface area (Å²) < 4.78 is 3.55. The van der Waals surface area contributed by atoms with Crippen molar-refractivity contribution in [3.63, 3.8) is 0 Å². The number of para-hydroxylation sites is 2. The van der Waals surface area contributed by atoms with Crippen LogP contribution in [0.15, 0.2) is 78.9 Å². The van der Waals surface area contributed by atoms with Crippen LogP contribution in [0.2, 0.25) is 0 Å². The highest BCUT2D eigenvalue weighted by molar-refractivity contribution is 14.1. The Balaban J connectivity index is 2.05. The van der Waals surface area contributed by atoms with Crippen molar-refractivity contribution in [1.82, 2.24) is 9.38 Å². The number of pyridine rings is 1. The minimum Gasteiger partial charge on any atom is -0.292 e. The minimum atomic E-state index is 1.03. The number of fused-ring (bicyclic) bond motifs is 10. The molecule has 0 N–H and O–H groups in total. The molecule has 6 rings (SSSR count). The second-order valence-corrected chi connectivity index (χ2v) is 7.88. The third-order valence-electron chi connectivity index (χ3n) is 5.20. The number of nitrogens with zero attached hydrogens (tertiary/aromatic N) is 2. The van der Waals surface area contributed by atoms with Crippen LogP contribution < -0.4 is 0 Å². The summed E-state index contributed by atoms with van der Waals surface area (Å²) in [6.07, 6.45) is 0. The normalized spacial score (nSPS) is 12.0. The van der Waals surface area contributed by atoms with Gasteiger partial charge in [-0.3, -0.25) is 4.40 Å². The lowest BCUT2D eigenvalue weighted by Crippen LogP contribution is -1.92. The Bertz CT molecular complexity index is 1490. The molecule has 0 radical (unpaired) electrons. The lowest BCUT2D eigenvalue weighted by atomic mass is 9.99. The van der Waals surface area contributed by atoms with Crippen molar-refractivity contribution in [1.29, 1.82) is 0 Å². The molecule has 2 heterocycles. The molecule has 0 saturated carbocycles. The Morgan fingerprint density at radius 3 is 2.50 bits per heavy atom. The first-order valence-electron chi connectivity index (χ1n) is 8.61. The zero-order valence-electron chi connectivity index (χ0n) is 13.8. The van der Waals surface area contributed by atoms with E-state index in [1.807, 2.05) is 0 Å². The molecule has 6 aromatic rings. The molecule has 0 bridgehead atoms. The maximum atomic E-state index is 4.98. The molecular weight excluding hydrogens is 431 g/mol. The highest BCUT2D eigenvalue weighted by Crippen LogP contribution is 2.36. The molecule has 0 amide bonds. The van der Waals surface area contributed by atoms with E-state index in [2.05, 4.69) is 106 Å². The average molecular weight is 444 g/mol. The number of imidazole rings is 1. The van der Waals surface area contributed by atoms with Gasteiger partial charge in [-0.2, -0.15) is 0 Å². The monoisotopic (exact) mass is 444 g/mol. The van der Waals surface area contributed by atoms with Crippen LogP contribution in [0.4, 0.5) is 0 Å². The Morgan fingerprint density at radius 2 is 1.54 bits per heavy atom. The van der Waals surface area contributed by atoms with Gasteiger partial charge in [-0.25, -0.2) is 4.98 Å². The van der Waals surface area contributed by atoms with Gasteiger partial charge in [-0.05, 0) is 69.8 Å². The summed E-state index contributed by atoms with van der Waals surface area (Å²) in [4.78, 5) is 4.98. The van der Waals surface area contributed by atoms with Gasteiger partial charge in [0.05, 0.1) is 16.6 Å². The molecule has 3 heteroatoms. The molecule has 0 fully saturated rings. The van der Waals surface area contributed by atoms with Crippen LogP contribution in [0.3, 0.4) is 0 Å². The van der Waals surface area contributed by atoms with Crippen LogP contribution in [-0.2, 0) is 0 Å². The first kappa shape index (κ1) is 14.5. The molecular formula is C23H13IN2. The van der Waals surface area contributed by atoms with Gasteiger partial charge in [0.25, 0.3) is 0 Å². The summed E-state index contributed by atoms with van der Waals surface area (Å²) in [7, 11) is 0. The lowest BCUT2D eigenvalue weighted by molar-refractivity contribution is 1.31. The van der Waals surface area contributed by atoms with Crippen LogP contribution in [0.5, 0.6) is 0 Å². The van der Waals surface area contributed by atoms with Gasteiger partial charge in [-0.1, -0.05) is 42.5 Å². The summed E-state index contributed by atoms with van der Waals surface area (Å²) in [5, 5.41) is 6.32. The molecule has 0 atom stereocenters. The smallest absolute Gasteiger partial charge is 0.146 e. The maximum Gasteiger partial charge on any atom is 0.146 e. The molecule has 0 spiro atoms. The first-order valence-corrected chi connectivity index (χ1v) is 9.69. The van der Waals surface area contributed by atoms with Gasteiger partial charge in [-0.15, -0.1) is 0 Å². The quantitative estimate of drug-likeness (QED) is 0.192. The highest BCUT2D eigenvalue weighted by Gasteiger charge is 2.15. The number of hydrogen-bond acceptors (Lipinski definition) is 1. The fourth-order valence-electron chi connectivity index (χ4n) is 4.10. The second kappa shape index (κ2) is 5.17. The van der Waals surface area contributed by atoms with Crippen molar-refractivity contribution in [2.75, 3.05) is 0 Å². The van der Waals surface area contributed by atoms with Gasteiger partial charge in [0, 0.05) is 19.7 Å². The molecule has 0 unspecified atom stereocenters. The third-order valence-corrected chi connectivity index (χ3v) is 5.87. The second-order valence-electron chi connectivity index (χ2n) is 6.63. The Morgan fingerprint density at radius 1 is 0.692 bits per heavy atom. The van der Waals surface area contributed by atoms with E-state index in [0.717, 1.165) is 16.7 Å². The van der Waals surface area contributed by atoms with E-state index in [1.54, 1.807) is 0 Å². The van der Waals surface area contributed by atoms with E-state index in [0.29, 0.717) is 0 Å². The van der Waals surface area contributed by atoms with E-state index >= 15 is 0 Å². The summed E-state index contributed by atoms with van der Waals surface area (Å²) >= 11 is 2.40. The van der Waals surface area contributed by atoms with Crippen LogP contribution in [0, 0.1) is 3.57 Å². The topological polar surface area (TPSA) is 17.3 Å². The SMILES string of the molecule is Ic1ccc2c(c1)c1c3ccccc3ccc1c1nc3ccccc3n21. The molecule has 0 aliphatic rings. The standard InChI is InChI=1S/C23H13IN2/c24-15-10-12-20-18(13-15)22-16-6-2-1-5-14(16)9-11-17(22)23-25-19-7-3-4-8-21(19)26(20)23/h1-13H. The number of hydrogen-bond donors (Lipinski definition) is 0. The fourth-order valence-corrected chi connectivity index (χ4v) is 4.59. The number of aromatic nitrogens is 2. The number of rotatable bonds is 0. The zero-order chi connectivity index (χ0) is 17.3. The average Bonchev–Trinajstić information content (AvgIpc) is 3.07. The van der Waals surface area contributed by atoms with Crippen molar-refractivity contribution in [3.05, 3.63) is 82.4 Å². The molecule has 0 aliphatic carbocycles. The summed E-state index contributed by atoms with van der Waals surface area (Å²) in [5.74, 6) is 0. The maximum absolute atomic E-state index is 4.98. The van der Waals surface area contributed by atoms with Crippen molar-refractivity contribution >= 4 is 71.7 Å². The van der Waals surface area contributed by atoms with E-state index in [9.17, 15) is 0 Å². The highest BCUT2D eigenvalue weighted by atomic mass is 127. The lowest BCUT2D eigenvalue weighted by Gasteiger charge is -2.12. The molecule has 122 valence electrons. The van der Waals surface area contributed by atoms with Gasteiger partial charge in [0.2, 0.25) is 0 Å². The van der Waals surface area contributed by atoms with Crippen molar-refractivity contribution in [2.45, 2.75) is 0 Å². The minimum absolute atomic E-state index is 1.03. The van der Waals surface area contributed by atoms with Crippen molar-refractivity contribution in [3.8, 4) is 0 Å². The van der Waals surface area contributed by atoms with Crippen LogP contribution in [0.25, 0.3) is 49.1 Å². The molecule has 0 saturated heterocycles. The zero-order valence-corrected chi connectivity index (χ0v) is 15.9. The van der Waals surface area contributed by atoms with Crippen LogP contribution >= 0.6 is 22.6 Å². The first-order chi connectivity index (χ1) is 12.8. The van der Waals surface area contributed by atoms with Crippen LogP contribution in [-0.4, -0.2) is 9.38 Å². The molecule has 0 aliphatic heterocycles. The molecule has 4 aromatic carbocycles. The fraction of sp³-hybridized carbons (Fsp3) is 0. The molecule has 26 heavy (non-hydrogen) atoms. The van der Waals surface area contributed by atoms with E-state index in [1.165, 1.54) is 36.0 Å². The van der Waals surface area contributed by atoms with E-state index in [-0.39, 0.29) is 0 Å². The predicted octanol–water partition coefficient (Wildman–Crippen LogP) is 6.55. The van der Waals surface area contributed by atoms with E-state index < -0.39 is 0 Å². The van der Waals surface area contributed by atoms with Crippen molar-refractivity contribution in [2.24, 2.45) is 0 Å². The van der Waals surface area contributed by atoms with Gasteiger partial charge >= 0.3 is 0 Å². The molecule has 2 aromatic heterocycles. The summed E-state index contributed by atoms with van der Waals surface area (Å²) in [5.41, 5.74) is 4.43. The van der Waals surface area contributed by atoms with E-state index in [4.69, 9.17) is 4.98 Å². The van der Waals surface area contributed by atoms with Crippen molar-refractivity contribution < 1.29 is 0 Å². The Kier molecular flexibility index (Phi) is 2.89. The number of benzene rings is 4. The Labute approximate surface area is 163 Å². The number of halogens is 1. The summed E-state index contributed by atoms with van der Waals surface area (Å²) in [6.45, 7) is 0. The summed E-state index contributed by atoms with van der Waals surface area (Å²) in [6, 6.07) is 28.1. The van der Waals surface area contributed by atoms with Gasteiger partial charge in [0.15, 0.2) is 0 Å². The Hall–Kier alpha value is -2.66. The van der Waals surface area contributed by atoms with Gasteiger partial charge in [0.1, 0.15) is 5.65 Å². The van der Waals surface area contributed by atoms with Gasteiger partial charge < -0.3 is 0 Å². The third kappa shape index (κ3) is 1.84. The predicted molar refractivity (Wildman–Crippen MR) is 118 cm³/mol.